The minimum absolute atomic E-state index is 0.101. The molecule has 0 spiro atoms. The molecule has 1 heterocycles. The molecule has 1 N–H and O–H groups in total. The Hall–Kier alpha value is -3.21. The molecule has 0 atom stereocenters. The molecule has 5 heteroatoms. The SMILES string of the molecule is Cc1cccc(Cn2cc(C(=O)Nc3ccccc3F)ccc2=O)c1. The summed E-state index contributed by atoms with van der Waals surface area (Å²) in [6.45, 7) is 2.34. The zero-order valence-corrected chi connectivity index (χ0v) is 13.7. The number of carbonyl (C=O) groups is 1. The molecule has 25 heavy (non-hydrogen) atoms. The number of pyridine rings is 1. The van der Waals surface area contributed by atoms with Crippen molar-refractivity contribution < 1.29 is 9.18 Å². The highest BCUT2D eigenvalue weighted by molar-refractivity contribution is 6.04. The van der Waals surface area contributed by atoms with Crippen LogP contribution in [0, 0.1) is 12.7 Å². The number of amides is 1. The first-order chi connectivity index (χ1) is 12.0. The quantitative estimate of drug-likeness (QED) is 0.791. The zero-order chi connectivity index (χ0) is 17.8. The van der Waals surface area contributed by atoms with Crippen LogP contribution in [0.1, 0.15) is 21.5 Å². The molecular formula is C20H17FN2O2. The number of aryl methyl sites for hydroxylation is 1. The molecule has 0 saturated carbocycles. The number of anilines is 1. The van der Waals surface area contributed by atoms with E-state index in [1.165, 1.54) is 35.0 Å². The van der Waals surface area contributed by atoms with E-state index in [0.29, 0.717) is 6.54 Å². The van der Waals surface area contributed by atoms with Crippen molar-refractivity contribution in [3.8, 4) is 0 Å². The lowest BCUT2D eigenvalue weighted by Crippen LogP contribution is -2.22. The fourth-order valence-corrected chi connectivity index (χ4v) is 2.55. The van der Waals surface area contributed by atoms with E-state index in [2.05, 4.69) is 5.32 Å². The summed E-state index contributed by atoms with van der Waals surface area (Å²) in [5, 5.41) is 2.52. The summed E-state index contributed by atoms with van der Waals surface area (Å²) in [7, 11) is 0. The second-order valence-corrected chi connectivity index (χ2v) is 5.81. The number of halogens is 1. The molecule has 1 amide bonds. The highest BCUT2D eigenvalue weighted by atomic mass is 19.1. The van der Waals surface area contributed by atoms with Crippen molar-refractivity contribution in [3.05, 3.63) is 99.7 Å². The van der Waals surface area contributed by atoms with Crippen molar-refractivity contribution in [1.82, 2.24) is 4.57 Å². The number of rotatable bonds is 4. The molecule has 0 aliphatic heterocycles. The summed E-state index contributed by atoms with van der Waals surface area (Å²) in [4.78, 5) is 24.4. The van der Waals surface area contributed by atoms with Gasteiger partial charge in [0.05, 0.1) is 17.8 Å². The fraction of sp³-hybridized carbons (Fsp3) is 0.100. The maximum absolute atomic E-state index is 13.7. The predicted octanol–water partition coefficient (Wildman–Crippen LogP) is 3.60. The van der Waals surface area contributed by atoms with Crippen molar-refractivity contribution in [2.45, 2.75) is 13.5 Å². The van der Waals surface area contributed by atoms with E-state index in [9.17, 15) is 14.0 Å². The van der Waals surface area contributed by atoms with Gasteiger partial charge in [0.1, 0.15) is 5.82 Å². The van der Waals surface area contributed by atoms with Crippen LogP contribution in [-0.4, -0.2) is 10.5 Å². The lowest BCUT2D eigenvalue weighted by atomic mass is 10.1. The summed E-state index contributed by atoms with van der Waals surface area (Å²) in [5.41, 5.74) is 2.25. The Kier molecular flexibility index (Phi) is 4.75. The highest BCUT2D eigenvalue weighted by Crippen LogP contribution is 2.14. The molecule has 0 fully saturated rings. The van der Waals surface area contributed by atoms with Gasteiger partial charge in [0.2, 0.25) is 0 Å². The second kappa shape index (κ2) is 7.13. The maximum Gasteiger partial charge on any atom is 0.257 e. The molecule has 1 aromatic heterocycles. The number of nitrogens with zero attached hydrogens (tertiary/aromatic N) is 1. The molecule has 0 saturated heterocycles. The van der Waals surface area contributed by atoms with Crippen molar-refractivity contribution in [1.29, 1.82) is 0 Å². The van der Waals surface area contributed by atoms with Gasteiger partial charge in [0.15, 0.2) is 0 Å². The summed E-state index contributed by atoms with van der Waals surface area (Å²) < 4.78 is 15.1. The molecule has 0 aliphatic carbocycles. The number of hydrogen-bond donors (Lipinski definition) is 1. The molecular weight excluding hydrogens is 319 g/mol. The van der Waals surface area contributed by atoms with E-state index >= 15 is 0 Å². The Balaban J connectivity index is 1.85. The van der Waals surface area contributed by atoms with Crippen molar-refractivity contribution in [3.63, 3.8) is 0 Å². The third-order valence-corrected chi connectivity index (χ3v) is 3.80. The summed E-state index contributed by atoms with van der Waals surface area (Å²) >= 11 is 0. The van der Waals surface area contributed by atoms with Crippen LogP contribution in [0.4, 0.5) is 10.1 Å². The smallest absolute Gasteiger partial charge is 0.257 e. The van der Waals surface area contributed by atoms with E-state index in [1.807, 2.05) is 31.2 Å². The van der Waals surface area contributed by atoms with E-state index in [4.69, 9.17) is 0 Å². The van der Waals surface area contributed by atoms with Crippen molar-refractivity contribution in [2.75, 3.05) is 5.32 Å². The minimum atomic E-state index is -0.510. The first-order valence-electron chi connectivity index (χ1n) is 7.85. The molecule has 4 nitrogen and oxygen atoms in total. The molecule has 3 aromatic rings. The number of carbonyl (C=O) groups excluding carboxylic acids is 1. The van der Waals surface area contributed by atoms with Gasteiger partial charge in [0, 0.05) is 12.3 Å². The van der Waals surface area contributed by atoms with Crippen LogP contribution in [0.25, 0.3) is 0 Å². The predicted molar refractivity (Wildman–Crippen MR) is 95.3 cm³/mol. The van der Waals surface area contributed by atoms with Crippen molar-refractivity contribution >= 4 is 11.6 Å². The van der Waals surface area contributed by atoms with Gasteiger partial charge in [-0.15, -0.1) is 0 Å². The Labute approximate surface area is 144 Å². The number of benzene rings is 2. The van der Waals surface area contributed by atoms with E-state index in [0.717, 1.165) is 11.1 Å². The van der Waals surface area contributed by atoms with Crippen LogP contribution >= 0.6 is 0 Å². The van der Waals surface area contributed by atoms with Crippen LogP contribution in [-0.2, 0) is 6.54 Å². The Morgan fingerprint density at radius 2 is 1.88 bits per heavy atom. The molecule has 2 aromatic carbocycles. The van der Waals surface area contributed by atoms with Gasteiger partial charge in [-0.25, -0.2) is 4.39 Å². The number of nitrogens with one attached hydrogen (secondary N) is 1. The summed E-state index contributed by atoms with van der Waals surface area (Å²) in [6.07, 6.45) is 1.49. The maximum atomic E-state index is 13.7. The van der Waals surface area contributed by atoms with Crippen LogP contribution in [0.3, 0.4) is 0 Å². The highest BCUT2D eigenvalue weighted by Gasteiger charge is 2.10. The van der Waals surface area contributed by atoms with Gasteiger partial charge in [-0.2, -0.15) is 0 Å². The molecule has 0 bridgehead atoms. The van der Waals surface area contributed by atoms with Crippen LogP contribution in [0.15, 0.2) is 71.7 Å². The largest absolute Gasteiger partial charge is 0.319 e. The average Bonchev–Trinajstić information content (AvgIpc) is 2.59. The molecule has 0 radical (unpaired) electrons. The number of aromatic nitrogens is 1. The Bertz CT molecular complexity index is 979. The van der Waals surface area contributed by atoms with Gasteiger partial charge in [-0.05, 0) is 30.7 Å². The number of hydrogen-bond acceptors (Lipinski definition) is 2. The van der Waals surface area contributed by atoms with Crippen LogP contribution in [0.5, 0.6) is 0 Å². The minimum Gasteiger partial charge on any atom is -0.319 e. The lowest BCUT2D eigenvalue weighted by molar-refractivity contribution is 0.102. The lowest BCUT2D eigenvalue weighted by Gasteiger charge is -2.10. The van der Waals surface area contributed by atoms with E-state index in [1.54, 1.807) is 12.1 Å². The third kappa shape index (κ3) is 4.01. The normalized spacial score (nSPS) is 10.5. The Morgan fingerprint density at radius 3 is 2.64 bits per heavy atom. The summed E-state index contributed by atoms with van der Waals surface area (Å²) in [5.74, 6) is -0.980. The van der Waals surface area contributed by atoms with E-state index in [-0.39, 0.29) is 16.8 Å². The molecule has 3 rings (SSSR count). The third-order valence-electron chi connectivity index (χ3n) is 3.80. The standard InChI is InChI=1S/C20H17FN2O2/c1-14-5-4-6-15(11-14)12-23-13-16(9-10-19(23)24)20(25)22-18-8-3-2-7-17(18)21/h2-11,13H,12H2,1H3,(H,22,25). The van der Waals surface area contributed by atoms with Crippen LogP contribution < -0.4 is 10.9 Å². The molecule has 0 aliphatic rings. The van der Waals surface area contributed by atoms with Gasteiger partial charge < -0.3 is 9.88 Å². The number of para-hydroxylation sites is 1. The fourth-order valence-electron chi connectivity index (χ4n) is 2.55. The Morgan fingerprint density at radius 1 is 1.08 bits per heavy atom. The van der Waals surface area contributed by atoms with E-state index < -0.39 is 11.7 Å². The van der Waals surface area contributed by atoms with Gasteiger partial charge in [0.25, 0.3) is 11.5 Å². The van der Waals surface area contributed by atoms with Gasteiger partial charge in [-0.1, -0.05) is 42.0 Å². The van der Waals surface area contributed by atoms with Gasteiger partial charge >= 0.3 is 0 Å². The van der Waals surface area contributed by atoms with Crippen LogP contribution in [0.2, 0.25) is 0 Å². The second-order valence-electron chi connectivity index (χ2n) is 5.81. The topological polar surface area (TPSA) is 51.1 Å². The zero-order valence-electron chi connectivity index (χ0n) is 13.7. The first-order valence-corrected chi connectivity index (χ1v) is 7.85. The molecule has 0 unspecified atom stereocenters. The first kappa shape index (κ1) is 16.6. The summed E-state index contributed by atoms with van der Waals surface area (Å²) in [6, 6.07) is 16.5. The van der Waals surface area contributed by atoms with Gasteiger partial charge in [-0.3, -0.25) is 9.59 Å². The molecule has 126 valence electrons. The monoisotopic (exact) mass is 336 g/mol. The average molecular weight is 336 g/mol. The van der Waals surface area contributed by atoms with Crippen molar-refractivity contribution in [2.24, 2.45) is 0 Å².